The van der Waals surface area contributed by atoms with Crippen LogP contribution in [0.25, 0.3) is 0 Å². The predicted octanol–water partition coefficient (Wildman–Crippen LogP) is 4.41. The molecule has 4 heteroatoms. The van der Waals surface area contributed by atoms with Gasteiger partial charge in [0.05, 0.1) is 0 Å². The number of halogens is 1. The second-order valence-electron chi connectivity index (χ2n) is 4.62. The molecule has 104 valence electrons. The fraction of sp³-hybridized carbons (Fsp3) is 0.188. The highest BCUT2D eigenvalue weighted by atomic mass is 35.5. The molecule has 0 aliphatic rings. The normalized spacial score (nSPS) is 13.5. The fourth-order valence-corrected chi connectivity index (χ4v) is 2.71. The van der Waals surface area contributed by atoms with E-state index in [1.807, 2.05) is 60.7 Å². The number of nitrogens with one attached hydrogen (secondary N) is 1. The molecule has 2 rings (SSSR count). The summed E-state index contributed by atoms with van der Waals surface area (Å²) in [6, 6.07) is 19.3. The molecule has 1 unspecified atom stereocenters. The number of hydrogen-bond acceptors (Lipinski definition) is 2. The largest absolute Gasteiger partial charge is 0.325 e. The van der Waals surface area contributed by atoms with Crippen LogP contribution in [-0.2, 0) is 4.79 Å². The third kappa shape index (κ3) is 4.29. The Morgan fingerprint density at radius 3 is 2.25 bits per heavy atom. The van der Waals surface area contributed by atoms with Crippen LogP contribution in [0.3, 0.4) is 0 Å². The van der Waals surface area contributed by atoms with E-state index in [9.17, 15) is 4.79 Å². The maximum atomic E-state index is 12.2. The van der Waals surface area contributed by atoms with E-state index in [0.717, 1.165) is 10.6 Å². The third-order valence-corrected chi connectivity index (χ3v) is 4.55. The van der Waals surface area contributed by atoms with E-state index in [-0.39, 0.29) is 5.91 Å². The molecule has 2 aromatic rings. The molecule has 0 aliphatic heterocycles. The first-order valence-corrected chi connectivity index (χ1v) is 7.67. The van der Waals surface area contributed by atoms with Gasteiger partial charge in [-0.25, -0.2) is 0 Å². The lowest BCUT2D eigenvalue weighted by atomic mass is 10.2. The summed E-state index contributed by atoms with van der Waals surface area (Å²) in [7, 11) is 0. The molecule has 1 amide bonds. The van der Waals surface area contributed by atoms with Crippen molar-refractivity contribution in [3.8, 4) is 0 Å². The number of para-hydroxylation sites is 1. The number of rotatable bonds is 5. The Morgan fingerprint density at radius 1 is 1.10 bits per heavy atom. The molecular formula is C16H16ClNOS. The van der Waals surface area contributed by atoms with Crippen molar-refractivity contribution < 1.29 is 4.79 Å². The smallest absolute Gasteiger partial charge is 0.246 e. The number of thioether (sulfide) groups is 1. The molecule has 0 saturated carbocycles. The van der Waals surface area contributed by atoms with Gasteiger partial charge >= 0.3 is 0 Å². The van der Waals surface area contributed by atoms with Crippen molar-refractivity contribution in [2.45, 2.75) is 16.7 Å². The van der Waals surface area contributed by atoms with Crippen LogP contribution in [0, 0.1) is 0 Å². The van der Waals surface area contributed by atoms with Gasteiger partial charge in [0.2, 0.25) is 5.91 Å². The number of hydrogen-bond donors (Lipinski definition) is 1. The zero-order valence-corrected chi connectivity index (χ0v) is 12.7. The topological polar surface area (TPSA) is 29.1 Å². The van der Waals surface area contributed by atoms with Crippen LogP contribution in [0.5, 0.6) is 0 Å². The highest BCUT2D eigenvalue weighted by Gasteiger charge is 2.30. The van der Waals surface area contributed by atoms with Crippen molar-refractivity contribution in [1.82, 2.24) is 0 Å². The van der Waals surface area contributed by atoms with Gasteiger partial charge in [-0.05, 0) is 31.2 Å². The Kier molecular flexibility index (Phi) is 5.10. The van der Waals surface area contributed by atoms with Gasteiger partial charge in [0.25, 0.3) is 0 Å². The van der Waals surface area contributed by atoms with Crippen LogP contribution >= 0.6 is 23.4 Å². The molecule has 0 aromatic heterocycles. The summed E-state index contributed by atoms with van der Waals surface area (Å²) < 4.78 is 0. The summed E-state index contributed by atoms with van der Waals surface area (Å²) in [5, 5.41) is 2.83. The van der Waals surface area contributed by atoms with Crippen LogP contribution in [0.1, 0.15) is 6.92 Å². The van der Waals surface area contributed by atoms with Crippen LogP contribution in [0.2, 0.25) is 0 Å². The summed E-state index contributed by atoms with van der Waals surface area (Å²) in [5.41, 5.74) is 0.758. The summed E-state index contributed by atoms with van der Waals surface area (Å²) in [5.74, 6) is 0.325. The van der Waals surface area contributed by atoms with Gasteiger partial charge in [-0.1, -0.05) is 36.4 Å². The van der Waals surface area contributed by atoms with Crippen LogP contribution in [-0.4, -0.2) is 16.5 Å². The first-order valence-electron chi connectivity index (χ1n) is 6.31. The van der Waals surface area contributed by atoms with Gasteiger partial charge in [0.1, 0.15) is 4.87 Å². The summed E-state index contributed by atoms with van der Waals surface area (Å²) >= 11 is 7.93. The summed E-state index contributed by atoms with van der Waals surface area (Å²) in [6.07, 6.45) is 0. The van der Waals surface area contributed by atoms with Crippen molar-refractivity contribution in [2.75, 3.05) is 11.1 Å². The highest BCUT2D eigenvalue weighted by Crippen LogP contribution is 2.27. The Hall–Kier alpha value is -1.45. The molecule has 0 heterocycles. The third-order valence-electron chi connectivity index (χ3n) is 2.76. The Labute approximate surface area is 128 Å². The lowest BCUT2D eigenvalue weighted by Gasteiger charge is -2.20. The van der Waals surface area contributed by atoms with E-state index in [1.54, 1.807) is 18.7 Å². The van der Waals surface area contributed by atoms with Gasteiger partial charge in [-0.2, -0.15) is 0 Å². The second-order valence-corrected chi connectivity index (χ2v) is 6.50. The average molecular weight is 306 g/mol. The Morgan fingerprint density at radius 2 is 1.65 bits per heavy atom. The van der Waals surface area contributed by atoms with E-state index in [4.69, 9.17) is 11.6 Å². The average Bonchev–Trinajstić information content (AvgIpc) is 2.47. The molecule has 2 aromatic carbocycles. The van der Waals surface area contributed by atoms with Gasteiger partial charge in [0, 0.05) is 16.3 Å². The van der Waals surface area contributed by atoms with Crippen molar-refractivity contribution >= 4 is 35.0 Å². The van der Waals surface area contributed by atoms with E-state index < -0.39 is 4.87 Å². The minimum atomic E-state index is -0.948. The SMILES string of the molecule is CC(Cl)(CSc1ccccc1)C(=O)Nc1ccccc1. The van der Waals surface area contributed by atoms with Crippen molar-refractivity contribution in [3.63, 3.8) is 0 Å². The number of anilines is 1. The molecule has 1 atom stereocenters. The fourth-order valence-electron chi connectivity index (χ4n) is 1.58. The molecule has 0 spiro atoms. The minimum absolute atomic E-state index is 0.186. The number of benzene rings is 2. The number of carbonyl (C=O) groups excluding carboxylic acids is 1. The van der Waals surface area contributed by atoms with Crippen LogP contribution in [0.4, 0.5) is 5.69 Å². The molecular weight excluding hydrogens is 290 g/mol. The lowest BCUT2D eigenvalue weighted by molar-refractivity contribution is -0.117. The number of amides is 1. The van der Waals surface area contributed by atoms with E-state index in [1.165, 1.54) is 0 Å². The molecule has 0 fully saturated rings. The standard InChI is InChI=1S/C16H16ClNOS/c1-16(17,12-20-14-10-6-3-7-11-14)15(19)18-13-8-4-2-5-9-13/h2-11H,12H2,1H3,(H,18,19). The van der Waals surface area contributed by atoms with Crippen LogP contribution < -0.4 is 5.32 Å². The molecule has 1 N–H and O–H groups in total. The molecule has 0 radical (unpaired) electrons. The Balaban J connectivity index is 1.94. The molecule has 2 nitrogen and oxygen atoms in total. The van der Waals surface area contributed by atoms with Gasteiger partial charge in [-0.15, -0.1) is 23.4 Å². The molecule has 0 aliphatic carbocycles. The van der Waals surface area contributed by atoms with Gasteiger partial charge < -0.3 is 5.32 Å². The zero-order chi connectivity index (χ0) is 14.4. The minimum Gasteiger partial charge on any atom is -0.325 e. The quantitative estimate of drug-likeness (QED) is 0.654. The monoisotopic (exact) mass is 305 g/mol. The number of carbonyl (C=O) groups is 1. The second kappa shape index (κ2) is 6.82. The molecule has 0 saturated heterocycles. The van der Waals surface area contributed by atoms with Crippen molar-refractivity contribution in [3.05, 3.63) is 60.7 Å². The molecule has 0 bridgehead atoms. The van der Waals surface area contributed by atoms with Crippen molar-refractivity contribution in [2.24, 2.45) is 0 Å². The highest BCUT2D eigenvalue weighted by molar-refractivity contribution is 7.99. The lowest BCUT2D eigenvalue weighted by Crippen LogP contribution is -2.37. The first kappa shape index (κ1) is 14.9. The first-order chi connectivity index (χ1) is 9.58. The van der Waals surface area contributed by atoms with E-state index in [2.05, 4.69) is 5.32 Å². The van der Waals surface area contributed by atoms with E-state index in [0.29, 0.717) is 5.75 Å². The maximum Gasteiger partial charge on any atom is 0.246 e. The summed E-state index contributed by atoms with van der Waals surface area (Å²) in [6.45, 7) is 1.74. The molecule has 20 heavy (non-hydrogen) atoms. The Bertz CT molecular complexity index is 557. The van der Waals surface area contributed by atoms with Gasteiger partial charge in [-0.3, -0.25) is 4.79 Å². The van der Waals surface area contributed by atoms with Gasteiger partial charge in [0.15, 0.2) is 0 Å². The maximum absolute atomic E-state index is 12.2. The predicted molar refractivity (Wildman–Crippen MR) is 86.5 cm³/mol. The van der Waals surface area contributed by atoms with Crippen molar-refractivity contribution in [1.29, 1.82) is 0 Å². The number of alkyl halides is 1. The zero-order valence-electron chi connectivity index (χ0n) is 11.2. The van der Waals surface area contributed by atoms with E-state index >= 15 is 0 Å². The summed E-state index contributed by atoms with van der Waals surface area (Å²) in [4.78, 5) is 12.4. The van der Waals surface area contributed by atoms with Crippen LogP contribution in [0.15, 0.2) is 65.6 Å².